The van der Waals surface area contributed by atoms with Gasteiger partial charge >= 0.3 is 0 Å². The fourth-order valence-corrected chi connectivity index (χ4v) is 2.89. The van der Waals surface area contributed by atoms with Gasteiger partial charge in [0.1, 0.15) is 0 Å². The van der Waals surface area contributed by atoms with Gasteiger partial charge < -0.3 is 14.8 Å². The molecule has 0 unspecified atom stereocenters. The van der Waals surface area contributed by atoms with Crippen molar-refractivity contribution in [3.63, 3.8) is 0 Å². The lowest BCUT2D eigenvalue weighted by atomic mass is 10.2. The highest BCUT2D eigenvalue weighted by atomic mass is 79.9. The van der Waals surface area contributed by atoms with E-state index in [1.54, 1.807) is 25.0 Å². The number of aromatic nitrogens is 3. The van der Waals surface area contributed by atoms with Crippen LogP contribution in [0.15, 0.2) is 46.9 Å². The van der Waals surface area contributed by atoms with Gasteiger partial charge in [0.15, 0.2) is 17.2 Å². The third-order valence-electron chi connectivity index (χ3n) is 4.08. The molecule has 0 atom stereocenters. The average Bonchev–Trinajstić information content (AvgIpc) is 3.08. The quantitative estimate of drug-likeness (QED) is 0.648. The van der Waals surface area contributed by atoms with Crippen LogP contribution in [0.1, 0.15) is 21.7 Å². The molecule has 1 heterocycles. The Labute approximate surface area is 165 Å². The highest BCUT2D eigenvalue weighted by molar-refractivity contribution is 9.10. The minimum atomic E-state index is -0.286. The number of nitrogens with one attached hydrogen (secondary N) is 1. The van der Waals surface area contributed by atoms with E-state index in [-0.39, 0.29) is 5.91 Å². The number of methoxy groups -OCH3 is 2. The molecule has 3 rings (SSSR count). The molecule has 0 saturated heterocycles. The SMILES string of the molecule is COc1ccc(CNC(=O)c2nnn(-c3ccc(Br)cc3)c2C)cc1OC. The van der Waals surface area contributed by atoms with Crippen molar-refractivity contribution in [2.75, 3.05) is 14.2 Å². The average molecular weight is 431 g/mol. The molecule has 3 aromatic rings. The lowest BCUT2D eigenvalue weighted by Gasteiger charge is -2.10. The molecule has 0 radical (unpaired) electrons. The molecule has 0 fully saturated rings. The molecule has 140 valence electrons. The van der Waals surface area contributed by atoms with E-state index in [1.807, 2.05) is 43.3 Å². The molecule has 0 saturated carbocycles. The number of halogens is 1. The van der Waals surface area contributed by atoms with E-state index in [1.165, 1.54) is 0 Å². The van der Waals surface area contributed by atoms with Gasteiger partial charge in [-0.1, -0.05) is 27.2 Å². The number of hydrogen-bond acceptors (Lipinski definition) is 5. The Kier molecular flexibility index (Phi) is 5.75. The molecule has 8 heteroatoms. The molecule has 1 aromatic heterocycles. The number of rotatable bonds is 6. The van der Waals surface area contributed by atoms with Crippen LogP contribution >= 0.6 is 15.9 Å². The maximum absolute atomic E-state index is 12.5. The van der Waals surface area contributed by atoms with Crippen LogP contribution in [0.4, 0.5) is 0 Å². The first-order valence-corrected chi connectivity index (χ1v) is 9.00. The molecule has 1 amide bonds. The largest absolute Gasteiger partial charge is 0.493 e. The van der Waals surface area contributed by atoms with E-state index in [9.17, 15) is 4.79 Å². The van der Waals surface area contributed by atoms with Gasteiger partial charge in [-0.25, -0.2) is 4.68 Å². The Hall–Kier alpha value is -2.87. The fourth-order valence-electron chi connectivity index (χ4n) is 2.62. The monoisotopic (exact) mass is 430 g/mol. The Balaban J connectivity index is 1.73. The maximum Gasteiger partial charge on any atom is 0.274 e. The zero-order valence-electron chi connectivity index (χ0n) is 15.2. The van der Waals surface area contributed by atoms with Crippen molar-refractivity contribution in [3.8, 4) is 17.2 Å². The topological polar surface area (TPSA) is 78.3 Å². The van der Waals surface area contributed by atoms with Crippen LogP contribution < -0.4 is 14.8 Å². The predicted octanol–water partition coefficient (Wildman–Crippen LogP) is 3.29. The van der Waals surface area contributed by atoms with E-state index in [2.05, 4.69) is 31.6 Å². The Morgan fingerprint density at radius 2 is 1.81 bits per heavy atom. The summed E-state index contributed by atoms with van der Waals surface area (Å²) < 4.78 is 13.1. The van der Waals surface area contributed by atoms with E-state index in [4.69, 9.17) is 9.47 Å². The Bertz CT molecular complexity index is 954. The molecule has 0 spiro atoms. The van der Waals surface area contributed by atoms with E-state index in [0.29, 0.717) is 29.4 Å². The number of amides is 1. The summed E-state index contributed by atoms with van der Waals surface area (Å²) in [5.74, 6) is 0.966. The van der Waals surface area contributed by atoms with Gasteiger partial charge in [-0.15, -0.1) is 5.10 Å². The molecule has 0 bridgehead atoms. The van der Waals surface area contributed by atoms with Gasteiger partial charge in [0, 0.05) is 11.0 Å². The molecule has 1 N–H and O–H groups in total. The van der Waals surface area contributed by atoms with E-state index in [0.717, 1.165) is 15.7 Å². The first kappa shape index (κ1) is 18.9. The summed E-state index contributed by atoms with van der Waals surface area (Å²) in [5.41, 5.74) is 2.68. The molecule has 0 aliphatic heterocycles. The Morgan fingerprint density at radius 1 is 1.11 bits per heavy atom. The zero-order valence-corrected chi connectivity index (χ0v) is 16.8. The summed E-state index contributed by atoms with van der Waals surface area (Å²) in [6.07, 6.45) is 0. The molecule has 2 aromatic carbocycles. The van der Waals surface area contributed by atoms with Crippen molar-refractivity contribution in [2.45, 2.75) is 13.5 Å². The third kappa shape index (κ3) is 4.11. The van der Waals surface area contributed by atoms with Crippen molar-refractivity contribution in [3.05, 3.63) is 63.9 Å². The number of benzene rings is 2. The second-order valence-corrected chi connectivity index (χ2v) is 6.70. The second-order valence-electron chi connectivity index (χ2n) is 5.78. The number of hydrogen-bond donors (Lipinski definition) is 1. The summed E-state index contributed by atoms with van der Waals surface area (Å²) in [6.45, 7) is 2.15. The minimum Gasteiger partial charge on any atom is -0.493 e. The van der Waals surface area contributed by atoms with Gasteiger partial charge in [-0.05, 0) is 48.9 Å². The van der Waals surface area contributed by atoms with Crippen LogP contribution in [0.5, 0.6) is 11.5 Å². The van der Waals surface area contributed by atoms with Gasteiger partial charge in [0.25, 0.3) is 5.91 Å². The van der Waals surface area contributed by atoms with E-state index < -0.39 is 0 Å². The second kappa shape index (κ2) is 8.22. The van der Waals surface area contributed by atoms with Crippen molar-refractivity contribution in [1.29, 1.82) is 0 Å². The number of ether oxygens (including phenoxy) is 2. The normalized spacial score (nSPS) is 10.5. The highest BCUT2D eigenvalue weighted by Gasteiger charge is 2.17. The van der Waals surface area contributed by atoms with Crippen LogP contribution in [-0.2, 0) is 6.54 Å². The van der Waals surface area contributed by atoms with Crippen LogP contribution in [-0.4, -0.2) is 35.1 Å². The summed E-state index contributed by atoms with van der Waals surface area (Å²) >= 11 is 3.40. The van der Waals surface area contributed by atoms with Crippen LogP contribution in [0, 0.1) is 6.92 Å². The van der Waals surface area contributed by atoms with Crippen LogP contribution in [0.25, 0.3) is 5.69 Å². The number of nitrogens with zero attached hydrogens (tertiary/aromatic N) is 3. The molecule has 0 aliphatic rings. The van der Waals surface area contributed by atoms with Crippen LogP contribution in [0.3, 0.4) is 0 Å². The van der Waals surface area contributed by atoms with Crippen molar-refractivity contribution < 1.29 is 14.3 Å². The molecular formula is C19H19BrN4O3. The van der Waals surface area contributed by atoms with Crippen molar-refractivity contribution in [1.82, 2.24) is 20.3 Å². The summed E-state index contributed by atoms with van der Waals surface area (Å²) in [5, 5.41) is 11.0. The standard InChI is InChI=1S/C19H19BrN4O3/c1-12-18(22-23-24(12)15-7-5-14(20)6-8-15)19(25)21-11-13-4-9-16(26-2)17(10-13)27-3/h4-10H,11H2,1-3H3,(H,21,25). The molecule has 0 aliphatic carbocycles. The molecule has 27 heavy (non-hydrogen) atoms. The number of carbonyl (C=O) groups is 1. The summed E-state index contributed by atoms with van der Waals surface area (Å²) in [6, 6.07) is 13.1. The fraction of sp³-hybridized carbons (Fsp3) is 0.211. The van der Waals surface area contributed by atoms with E-state index >= 15 is 0 Å². The smallest absolute Gasteiger partial charge is 0.274 e. The zero-order chi connectivity index (χ0) is 19.4. The van der Waals surface area contributed by atoms with Crippen LogP contribution in [0.2, 0.25) is 0 Å². The first-order chi connectivity index (χ1) is 13.0. The van der Waals surface area contributed by atoms with Gasteiger partial charge in [-0.2, -0.15) is 0 Å². The first-order valence-electron chi connectivity index (χ1n) is 8.21. The Morgan fingerprint density at radius 3 is 2.48 bits per heavy atom. The summed E-state index contributed by atoms with van der Waals surface area (Å²) in [7, 11) is 3.15. The minimum absolute atomic E-state index is 0.286. The van der Waals surface area contributed by atoms with Gasteiger partial charge in [0.05, 0.1) is 25.6 Å². The lowest BCUT2D eigenvalue weighted by molar-refractivity contribution is 0.0945. The highest BCUT2D eigenvalue weighted by Crippen LogP contribution is 2.27. The molecule has 7 nitrogen and oxygen atoms in total. The molecular weight excluding hydrogens is 412 g/mol. The predicted molar refractivity (Wildman–Crippen MR) is 105 cm³/mol. The number of carbonyl (C=O) groups excluding carboxylic acids is 1. The lowest BCUT2D eigenvalue weighted by Crippen LogP contribution is -2.24. The third-order valence-corrected chi connectivity index (χ3v) is 4.61. The van der Waals surface area contributed by atoms with Gasteiger partial charge in [0.2, 0.25) is 0 Å². The summed E-state index contributed by atoms with van der Waals surface area (Å²) in [4.78, 5) is 12.5. The maximum atomic E-state index is 12.5. The van der Waals surface area contributed by atoms with Crippen molar-refractivity contribution in [2.24, 2.45) is 0 Å². The van der Waals surface area contributed by atoms with Crippen molar-refractivity contribution >= 4 is 21.8 Å². The van der Waals surface area contributed by atoms with Gasteiger partial charge in [-0.3, -0.25) is 4.79 Å².